The van der Waals surface area contributed by atoms with Crippen LogP contribution in [-0.4, -0.2) is 48.6 Å². The Bertz CT molecular complexity index is 1550. The summed E-state index contributed by atoms with van der Waals surface area (Å²) in [6, 6.07) is 34.7. The number of rotatable bonds is 14. The molecule has 0 radical (unpaired) electrons. The highest BCUT2D eigenvalue weighted by atomic mass is 32.2. The topological polar surface area (TPSA) is 80.3 Å². The maximum atomic E-state index is 11.1. The standard InChI is InChI=1S/C30H28O2.C7H16O5S.3C2H6/c1-3-4-21-32-25-19-15-23(16-20-25)30(22-13-17-24(31-2)18-14-22)28-11-7-5-9-26(28)27-10-6-8-12-29(27)30;1-4-5-6-12-7(10-2)13(8,9)11-3;3*1-2/h5-20H,3-4,21H2,1-2H3;7H,4-6H2,1-3H3;3*1-2H3. The van der Waals surface area contributed by atoms with Crippen LogP contribution in [0.25, 0.3) is 11.1 Å². The SMILES string of the molecule is CC.CC.CC.CCCCOC(OC)S(=O)(=O)OC.CCCCOc1ccc(C2(c3ccc(OC)cc3)c3ccccc3-c3ccccc32)cc1. The smallest absolute Gasteiger partial charge is 0.321 e. The molecule has 8 heteroatoms. The normalized spacial score (nSPS) is 12.4. The van der Waals surface area contributed by atoms with Crippen LogP contribution in [0, 0.1) is 0 Å². The second kappa shape index (κ2) is 24.5. The van der Waals surface area contributed by atoms with Crippen LogP contribution in [0.4, 0.5) is 0 Å². The molecule has 5 rings (SSSR count). The van der Waals surface area contributed by atoms with Gasteiger partial charge in [-0.15, -0.1) is 0 Å². The van der Waals surface area contributed by atoms with Gasteiger partial charge in [-0.25, -0.2) is 0 Å². The predicted molar refractivity (Wildman–Crippen MR) is 212 cm³/mol. The highest BCUT2D eigenvalue weighted by Crippen LogP contribution is 2.56. The zero-order valence-electron chi connectivity index (χ0n) is 32.8. The first kappa shape index (κ1) is 45.3. The molecular weight excluding hydrogens is 661 g/mol. The lowest BCUT2D eigenvalue weighted by Gasteiger charge is -2.34. The van der Waals surface area contributed by atoms with Crippen LogP contribution in [0.1, 0.15) is 103 Å². The Morgan fingerprint density at radius 2 is 1.02 bits per heavy atom. The van der Waals surface area contributed by atoms with Crippen LogP contribution < -0.4 is 9.47 Å². The molecule has 4 aromatic carbocycles. The van der Waals surface area contributed by atoms with Gasteiger partial charge in [-0.1, -0.05) is 141 Å². The molecule has 0 spiro atoms. The molecule has 1 atom stereocenters. The van der Waals surface area contributed by atoms with Gasteiger partial charge in [0.1, 0.15) is 11.5 Å². The first-order chi connectivity index (χ1) is 24.9. The van der Waals surface area contributed by atoms with Gasteiger partial charge in [-0.2, -0.15) is 8.42 Å². The maximum Gasteiger partial charge on any atom is 0.321 e. The molecule has 0 saturated carbocycles. The molecule has 0 aromatic heterocycles. The minimum atomic E-state index is -3.74. The number of unbranched alkanes of at least 4 members (excludes halogenated alkanes) is 2. The number of hydrogen-bond acceptors (Lipinski definition) is 7. The third-order valence-corrected chi connectivity index (χ3v) is 9.21. The predicted octanol–water partition coefficient (Wildman–Crippen LogP) is 11.0. The highest BCUT2D eigenvalue weighted by molar-refractivity contribution is 7.87. The molecule has 0 fully saturated rings. The molecule has 282 valence electrons. The van der Waals surface area contributed by atoms with Gasteiger partial charge < -0.3 is 18.9 Å². The van der Waals surface area contributed by atoms with E-state index in [1.165, 1.54) is 40.5 Å². The lowest BCUT2D eigenvalue weighted by atomic mass is 9.68. The average molecular weight is 723 g/mol. The molecule has 1 unspecified atom stereocenters. The molecule has 0 saturated heterocycles. The highest BCUT2D eigenvalue weighted by Gasteiger charge is 2.45. The Labute approximate surface area is 309 Å². The summed E-state index contributed by atoms with van der Waals surface area (Å²) in [5, 5.41) is 0. The molecule has 1 aliphatic rings. The summed E-state index contributed by atoms with van der Waals surface area (Å²) in [6.07, 6.45) is 3.92. The van der Waals surface area contributed by atoms with Crippen LogP contribution in [0.15, 0.2) is 97.1 Å². The van der Waals surface area contributed by atoms with Crippen LogP contribution >= 0.6 is 0 Å². The van der Waals surface area contributed by atoms with Crippen molar-refractivity contribution in [3.8, 4) is 22.6 Å². The third kappa shape index (κ3) is 11.4. The van der Waals surface area contributed by atoms with E-state index >= 15 is 0 Å². The van der Waals surface area contributed by atoms with Crippen LogP contribution in [0.5, 0.6) is 11.5 Å². The number of benzene rings is 4. The minimum absolute atomic E-state index is 0.345. The average Bonchev–Trinajstić information content (AvgIpc) is 3.50. The fourth-order valence-electron chi connectivity index (χ4n) is 5.67. The van der Waals surface area contributed by atoms with Crippen LogP contribution in [0.3, 0.4) is 0 Å². The molecule has 0 amide bonds. The summed E-state index contributed by atoms with van der Waals surface area (Å²) >= 11 is 0. The van der Waals surface area contributed by atoms with Crippen molar-refractivity contribution in [3.05, 3.63) is 119 Å². The summed E-state index contributed by atoms with van der Waals surface area (Å²) < 4.78 is 47.3. The summed E-state index contributed by atoms with van der Waals surface area (Å²) in [6.45, 7) is 17.3. The van der Waals surface area contributed by atoms with E-state index in [0.29, 0.717) is 6.61 Å². The quantitative estimate of drug-likeness (QED) is 0.0641. The van der Waals surface area contributed by atoms with Gasteiger partial charge in [-0.05, 0) is 70.5 Å². The van der Waals surface area contributed by atoms with E-state index in [0.717, 1.165) is 50.9 Å². The van der Waals surface area contributed by atoms with Gasteiger partial charge in [-0.3, -0.25) is 4.18 Å². The van der Waals surface area contributed by atoms with Crippen molar-refractivity contribution in [1.29, 1.82) is 0 Å². The number of methoxy groups -OCH3 is 2. The van der Waals surface area contributed by atoms with E-state index in [2.05, 4.69) is 113 Å². The van der Waals surface area contributed by atoms with Crippen molar-refractivity contribution < 1.29 is 31.5 Å². The second-order valence-corrected chi connectivity index (χ2v) is 12.4. The third-order valence-electron chi connectivity index (χ3n) is 7.94. The van der Waals surface area contributed by atoms with Crippen molar-refractivity contribution in [2.45, 2.75) is 92.1 Å². The Morgan fingerprint density at radius 1 is 0.588 bits per heavy atom. The molecule has 0 heterocycles. The van der Waals surface area contributed by atoms with E-state index in [1.54, 1.807) is 7.11 Å². The van der Waals surface area contributed by atoms with E-state index < -0.39 is 15.7 Å². The summed E-state index contributed by atoms with van der Waals surface area (Å²) in [5.41, 5.74) is 5.98. The second-order valence-electron chi connectivity index (χ2n) is 10.7. The van der Waals surface area contributed by atoms with Crippen molar-refractivity contribution in [2.24, 2.45) is 0 Å². The lowest BCUT2D eigenvalue weighted by Crippen LogP contribution is -2.28. The summed E-state index contributed by atoms with van der Waals surface area (Å²) in [5.74, 6) is 1.79. The Morgan fingerprint density at radius 3 is 1.43 bits per heavy atom. The first-order valence-electron chi connectivity index (χ1n) is 18.4. The molecule has 7 nitrogen and oxygen atoms in total. The van der Waals surface area contributed by atoms with Crippen molar-refractivity contribution in [1.82, 2.24) is 0 Å². The van der Waals surface area contributed by atoms with Crippen molar-refractivity contribution in [2.75, 3.05) is 34.5 Å². The zero-order valence-corrected chi connectivity index (χ0v) is 33.6. The molecule has 1 aliphatic carbocycles. The van der Waals surface area contributed by atoms with Crippen molar-refractivity contribution >= 4 is 10.1 Å². The first-order valence-corrected chi connectivity index (χ1v) is 19.9. The van der Waals surface area contributed by atoms with Gasteiger partial charge in [0.2, 0.25) is 0 Å². The Hall–Kier alpha value is -3.69. The number of hydrogen-bond donors (Lipinski definition) is 0. The van der Waals surface area contributed by atoms with E-state index in [4.69, 9.17) is 14.2 Å². The van der Waals surface area contributed by atoms with Gasteiger partial charge in [0.15, 0.2) is 0 Å². The molecule has 0 bridgehead atoms. The number of fused-ring (bicyclic) bond motifs is 3. The van der Waals surface area contributed by atoms with Crippen LogP contribution in [-0.2, 0) is 29.2 Å². The summed E-state index contributed by atoms with van der Waals surface area (Å²) in [4.78, 5) is 0. The Balaban J connectivity index is 0.000000579. The number of ether oxygens (including phenoxy) is 4. The van der Waals surface area contributed by atoms with Gasteiger partial charge >= 0.3 is 10.1 Å². The van der Waals surface area contributed by atoms with E-state index in [-0.39, 0.29) is 5.41 Å². The van der Waals surface area contributed by atoms with Gasteiger partial charge in [0, 0.05) is 7.11 Å². The van der Waals surface area contributed by atoms with Gasteiger partial charge in [0.05, 0.1) is 32.8 Å². The molecule has 0 N–H and O–H groups in total. The molecule has 0 aliphatic heterocycles. The van der Waals surface area contributed by atoms with Gasteiger partial charge in [0.25, 0.3) is 5.62 Å². The largest absolute Gasteiger partial charge is 0.497 e. The van der Waals surface area contributed by atoms with Crippen LogP contribution in [0.2, 0.25) is 0 Å². The monoisotopic (exact) mass is 722 g/mol. The fourth-order valence-corrected chi connectivity index (χ4v) is 6.33. The minimum Gasteiger partial charge on any atom is -0.497 e. The zero-order chi connectivity index (χ0) is 38.3. The molecule has 4 aromatic rings. The molecular formula is C43H62O7S. The van der Waals surface area contributed by atoms with Crippen molar-refractivity contribution in [3.63, 3.8) is 0 Å². The van der Waals surface area contributed by atoms with E-state index in [1.807, 2.05) is 48.5 Å². The van der Waals surface area contributed by atoms with E-state index in [9.17, 15) is 8.42 Å². The Kier molecular flexibility index (Phi) is 21.8. The summed E-state index contributed by atoms with van der Waals surface area (Å²) in [7, 11) is 0.306. The fraction of sp³-hybridized carbons (Fsp3) is 0.442. The molecule has 51 heavy (non-hydrogen) atoms. The maximum absolute atomic E-state index is 11.1. The lowest BCUT2D eigenvalue weighted by molar-refractivity contribution is -0.0727.